The minimum Gasteiger partial charge on any atom is -0.469 e. The van der Waals surface area contributed by atoms with E-state index in [-0.39, 0.29) is 11.4 Å². The van der Waals surface area contributed by atoms with E-state index < -0.39 is 0 Å². The third-order valence-corrected chi connectivity index (χ3v) is 4.49. The molecule has 18 heavy (non-hydrogen) atoms. The fraction of sp³-hybridized carbons (Fsp3) is 0.643. The Labute approximate surface area is 107 Å². The Morgan fingerprint density at radius 1 is 1.67 bits per heavy atom. The second-order valence-corrected chi connectivity index (χ2v) is 5.49. The average Bonchev–Trinajstić information content (AvgIpc) is 3.03. The molecule has 1 aromatic rings. The Morgan fingerprint density at radius 2 is 2.56 bits per heavy atom. The molecule has 0 unspecified atom stereocenters. The van der Waals surface area contributed by atoms with E-state index in [1.165, 1.54) is 7.11 Å². The molecule has 1 saturated heterocycles. The molecule has 2 atom stereocenters. The summed E-state index contributed by atoms with van der Waals surface area (Å²) in [4.78, 5) is 14.4. The molecule has 0 N–H and O–H groups in total. The van der Waals surface area contributed by atoms with Crippen LogP contribution in [-0.4, -0.2) is 31.1 Å². The molecular weight excluding hydrogens is 230 g/mol. The van der Waals surface area contributed by atoms with Crippen molar-refractivity contribution in [2.75, 3.05) is 20.2 Å². The van der Waals surface area contributed by atoms with Gasteiger partial charge in [-0.2, -0.15) is 0 Å². The lowest BCUT2D eigenvalue weighted by molar-refractivity contribution is -0.153. The largest absolute Gasteiger partial charge is 0.469 e. The van der Waals surface area contributed by atoms with Crippen LogP contribution in [0.25, 0.3) is 0 Å². The van der Waals surface area contributed by atoms with E-state index in [4.69, 9.17) is 9.15 Å². The molecule has 4 heteroatoms. The van der Waals surface area contributed by atoms with Crippen molar-refractivity contribution in [2.45, 2.75) is 25.8 Å². The number of hydrogen-bond donors (Lipinski definition) is 0. The number of hydrogen-bond acceptors (Lipinski definition) is 4. The lowest BCUT2D eigenvalue weighted by atomic mass is 9.81. The summed E-state index contributed by atoms with van der Waals surface area (Å²) in [6.07, 6.45) is 4.96. The van der Waals surface area contributed by atoms with Crippen molar-refractivity contribution in [1.29, 1.82) is 0 Å². The molecule has 3 rings (SSSR count). The molecule has 0 amide bonds. The molecule has 4 nitrogen and oxygen atoms in total. The Hall–Kier alpha value is -1.29. The van der Waals surface area contributed by atoms with Gasteiger partial charge >= 0.3 is 5.97 Å². The van der Waals surface area contributed by atoms with Crippen molar-refractivity contribution in [1.82, 2.24) is 4.90 Å². The number of esters is 1. The first-order valence-corrected chi connectivity index (χ1v) is 6.58. The molecule has 0 aromatic carbocycles. The molecule has 1 aromatic heterocycles. The summed E-state index contributed by atoms with van der Waals surface area (Å²) in [5.41, 5.74) is -0.249. The van der Waals surface area contributed by atoms with Gasteiger partial charge in [-0.05, 0) is 30.9 Å². The molecule has 98 valence electrons. The first kappa shape index (κ1) is 11.8. The summed E-state index contributed by atoms with van der Waals surface area (Å²) in [5.74, 6) is 1.40. The maximum absolute atomic E-state index is 12.1. The zero-order chi connectivity index (χ0) is 12.6. The zero-order valence-electron chi connectivity index (χ0n) is 10.7. The predicted molar refractivity (Wildman–Crippen MR) is 65.8 cm³/mol. The monoisotopic (exact) mass is 249 g/mol. The van der Waals surface area contributed by atoms with Crippen molar-refractivity contribution < 1.29 is 13.9 Å². The van der Waals surface area contributed by atoms with Gasteiger partial charge in [0.15, 0.2) is 0 Å². The summed E-state index contributed by atoms with van der Waals surface area (Å²) in [6.45, 7) is 2.59. The van der Waals surface area contributed by atoms with Gasteiger partial charge in [-0.3, -0.25) is 9.69 Å². The Morgan fingerprint density at radius 3 is 3.28 bits per heavy atom. The van der Waals surface area contributed by atoms with Crippen molar-refractivity contribution in [3.05, 3.63) is 24.2 Å². The normalized spacial score (nSPS) is 31.5. The molecule has 2 aliphatic rings. The topological polar surface area (TPSA) is 42.7 Å². The van der Waals surface area contributed by atoms with Gasteiger partial charge in [0.1, 0.15) is 5.76 Å². The Bertz CT molecular complexity index is 428. The number of methoxy groups -OCH3 is 1. The van der Waals surface area contributed by atoms with Gasteiger partial charge in [0.25, 0.3) is 0 Å². The van der Waals surface area contributed by atoms with Crippen LogP contribution in [0.2, 0.25) is 0 Å². The van der Waals surface area contributed by atoms with Crippen LogP contribution in [-0.2, 0) is 16.1 Å². The van der Waals surface area contributed by atoms with E-state index in [2.05, 4.69) is 4.90 Å². The Balaban J connectivity index is 1.74. The lowest BCUT2D eigenvalue weighted by Crippen LogP contribution is -2.36. The van der Waals surface area contributed by atoms with Gasteiger partial charge in [-0.25, -0.2) is 0 Å². The highest BCUT2D eigenvalue weighted by atomic mass is 16.5. The molecule has 0 bridgehead atoms. The van der Waals surface area contributed by atoms with E-state index in [0.29, 0.717) is 5.92 Å². The molecule has 2 fully saturated rings. The number of rotatable bonds is 3. The lowest BCUT2D eigenvalue weighted by Gasteiger charge is -2.25. The summed E-state index contributed by atoms with van der Waals surface area (Å²) in [6, 6.07) is 3.89. The standard InChI is InChI=1S/C14H19NO3/c1-17-13(16)14-6-2-4-11(14)8-15(10-14)9-12-5-3-7-18-12/h3,5,7,11H,2,4,6,8-10H2,1H3/t11-,14-/m1/s1. The fourth-order valence-corrected chi connectivity index (χ4v) is 3.67. The van der Waals surface area contributed by atoms with Gasteiger partial charge in [0.05, 0.1) is 25.3 Å². The van der Waals surface area contributed by atoms with Crippen LogP contribution >= 0.6 is 0 Å². The minimum absolute atomic E-state index is 0.0213. The van der Waals surface area contributed by atoms with Crippen molar-refractivity contribution in [2.24, 2.45) is 11.3 Å². The van der Waals surface area contributed by atoms with Crippen molar-refractivity contribution >= 4 is 5.97 Å². The smallest absolute Gasteiger partial charge is 0.313 e. The van der Waals surface area contributed by atoms with Crippen LogP contribution in [0.4, 0.5) is 0 Å². The van der Waals surface area contributed by atoms with E-state index >= 15 is 0 Å². The molecule has 1 saturated carbocycles. The predicted octanol–water partition coefficient (Wildman–Crippen LogP) is 2.05. The van der Waals surface area contributed by atoms with Crippen LogP contribution < -0.4 is 0 Å². The Kier molecular flexibility index (Phi) is 2.90. The van der Waals surface area contributed by atoms with Gasteiger partial charge in [0.2, 0.25) is 0 Å². The number of nitrogens with zero attached hydrogens (tertiary/aromatic N) is 1. The quantitative estimate of drug-likeness (QED) is 0.769. The van der Waals surface area contributed by atoms with Crippen molar-refractivity contribution in [3.8, 4) is 0 Å². The number of carbonyl (C=O) groups excluding carboxylic acids is 1. The third kappa shape index (κ3) is 1.75. The van der Waals surface area contributed by atoms with Gasteiger partial charge in [-0.15, -0.1) is 0 Å². The maximum atomic E-state index is 12.1. The molecule has 0 radical (unpaired) electrons. The van der Waals surface area contributed by atoms with E-state index in [0.717, 1.165) is 44.7 Å². The first-order chi connectivity index (χ1) is 8.74. The SMILES string of the molecule is COC(=O)[C@@]12CCC[C@@H]1CN(Cc1ccco1)C2. The highest BCUT2D eigenvalue weighted by molar-refractivity contribution is 5.78. The first-order valence-electron chi connectivity index (χ1n) is 6.58. The van der Waals surface area contributed by atoms with Crippen LogP contribution in [0.5, 0.6) is 0 Å². The number of carbonyl (C=O) groups is 1. The fourth-order valence-electron chi connectivity index (χ4n) is 3.67. The summed E-state index contributed by atoms with van der Waals surface area (Å²) in [5, 5.41) is 0. The highest BCUT2D eigenvalue weighted by Crippen LogP contribution is 2.49. The minimum atomic E-state index is -0.249. The summed E-state index contributed by atoms with van der Waals surface area (Å²) in [7, 11) is 1.50. The molecule has 2 heterocycles. The van der Waals surface area contributed by atoms with Gasteiger partial charge < -0.3 is 9.15 Å². The van der Waals surface area contributed by atoms with Gasteiger partial charge in [0, 0.05) is 13.1 Å². The zero-order valence-corrected chi connectivity index (χ0v) is 10.7. The van der Waals surface area contributed by atoms with E-state index in [1.54, 1.807) is 6.26 Å². The second kappa shape index (κ2) is 4.43. The number of fused-ring (bicyclic) bond motifs is 1. The highest BCUT2D eigenvalue weighted by Gasteiger charge is 2.55. The number of furan rings is 1. The average molecular weight is 249 g/mol. The maximum Gasteiger partial charge on any atom is 0.313 e. The number of likely N-dealkylation sites (tertiary alicyclic amines) is 1. The van der Waals surface area contributed by atoms with Crippen LogP contribution in [0.3, 0.4) is 0 Å². The summed E-state index contributed by atoms with van der Waals surface area (Å²) >= 11 is 0. The third-order valence-electron chi connectivity index (χ3n) is 4.49. The molecular formula is C14H19NO3. The summed E-state index contributed by atoms with van der Waals surface area (Å²) < 4.78 is 10.4. The van der Waals surface area contributed by atoms with Gasteiger partial charge in [-0.1, -0.05) is 6.42 Å². The van der Waals surface area contributed by atoms with Crippen molar-refractivity contribution in [3.63, 3.8) is 0 Å². The second-order valence-electron chi connectivity index (χ2n) is 5.49. The molecule has 0 spiro atoms. The van der Waals surface area contributed by atoms with Crippen LogP contribution in [0, 0.1) is 11.3 Å². The van der Waals surface area contributed by atoms with Crippen LogP contribution in [0.1, 0.15) is 25.0 Å². The van der Waals surface area contributed by atoms with E-state index in [1.807, 2.05) is 12.1 Å². The number of ether oxygens (including phenoxy) is 1. The van der Waals surface area contributed by atoms with Crippen LogP contribution in [0.15, 0.2) is 22.8 Å². The van der Waals surface area contributed by atoms with E-state index in [9.17, 15) is 4.79 Å². The molecule has 1 aliphatic heterocycles. The molecule has 1 aliphatic carbocycles.